The van der Waals surface area contributed by atoms with Crippen LogP contribution >= 0.6 is 0 Å². The largest absolute Gasteiger partial charge is 0.312 e. The minimum Gasteiger partial charge on any atom is -0.312 e. The summed E-state index contributed by atoms with van der Waals surface area (Å²) in [4.78, 5) is 0.189. The molecule has 2 heterocycles. The number of piperidine rings is 1. The Kier molecular flexibility index (Phi) is 4.28. The molecular formula is C15H21FN2O2S. The minimum atomic E-state index is -3.54. The molecule has 2 aliphatic heterocycles. The highest BCUT2D eigenvalue weighted by Gasteiger charge is 2.38. The van der Waals surface area contributed by atoms with Crippen molar-refractivity contribution in [3.05, 3.63) is 30.1 Å². The normalized spacial score (nSPS) is 27.9. The molecule has 4 nitrogen and oxygen atoms in total. The van der Waals surface area contributed by atoms with Crippen LogP contribution in [0.5, 0.6) is 0 Å². The molecule has 21 heavy (non-hydrogen) atoms. The molecule has 1 aromatic rings. The van der Waals surface area contributed by atoms with E-state index in [1.807, 2.05) is 0 Å². The zero-order valence-corrected chi connectivity index (χ0v) is 12.8. The van der Waals surface area contributed by atoms with E-state index in [0.717, 1.165) is 38.6 Å². The predicted molar refractivity (Wildman–Crippen MR) is 79.0 cm³/mol. The van der Waals surface area contributed by atoms with Crippen molar-refractivity contribution in [2.24, 2.45) is 0 Å². The summed E-state index contributed by atoms with van der Waals surface area (Å²) in [6.07, 6.45) is 4.99. The van der Waals surface area contributed by atoms with Gasteiger partial charge in [-0.2, -0.15) is 4.31 Å². The second-order valence-electron chi connectivity index (χ2n) is 5.84. The third kappa shape index (κ3) is 2.98. The van der Waals surface area contributed by atoms with Gasteiger partial charge in [-0.05, 0) is 56.5 Å². The molecule has 2 fully saturated rings. The molecule has 3 rings (SSSR count). The van der Waals surface area contributed by atoms with Gasteiger partial charge in [0.1, 0.15) is 5.82 Å². The van der Waals surface area contributed by atoms with Crippen LogP contribution in [0.1, 0.15) is 32.1 Å². The Morgan fingerprint density at radius 2 is 1.86 bits per heavy atom. The van der Waals surface area contributed by atoms with Crippen LogP contribution in [0.15, 0.2) is 29.2 Å². The van der Waals surface area contributed by atoms with Crippen molar-refractivity contribution >= 4 is 10.0 Å². The molecule has 2 aliphatic rings. The maximum atomic E-state index is 13.0. The number of rotatable bonds is 3. The van der Waals surface area contributed by atoms with Crippen molar-refractivity contribution in [1.82, 2.24) is 9.62 Å². The molecule has 0 spiro atoms. The fourth-order valence-corrected chi connectivity index (χ4v) is 5.14. The van der Waals surface area contributed by atoms with Gasteiger partial charge in [0.25, 0.3) is 0 Å². The average molecular weight is 312 g/mol. The average Bonchev–Trinajstić information content (AvgIpc) is 3.02. The highest BCUT2D eigenvalue weighted by atomic mass is 32.2. The first-order valence-electron chi connectivity index (χ1n) is 7.60. The summed E-state index contributed by atoms with van der Waals surface area (Å²) >= 11 is 0. The fourth-order valence-electron chi connectivity index (χ4n) is 3.41. The quantitative estimate of drug-likeness (QED) is 0.930. The molecule has 0 radical (unpaired) electrons. The number of nitrogens with one attached hydrogen (secondary N) is 1. The Morgan fingerprint density at radius 1 is 1.10 bits per heavy atom. The zero-order valence-electron chi connectivity index (χ0n) is 12.0. The molecule has 1 aromatic carbocycles. The van der Waals surface area contributed by atoms with Gasteiger partial charge in [-0.3, -0.25) is 0 Å². The Morgan fingerprint density at radius 3 is 2.52 bits per heavy atom. The predicted octanol–water partition coefficient (Wildman–Crippen LogP) is 2.12. The maximum absolute atomic E-state index is 13.0. The summed E-state index contributed by atoms with van der Waals surface area (Å²) in [6, 6.07) is 5.41. The fraction of sp³-hybridized carbons (Fsp3) is 0.600. The Labute approximate surface area is 125 Å². The van der Waals surface area contributed by atoms with Crippen LogP contribution in [0.25, 0.3) is 0 Å². The molecule has 0 aromatic heterocycles. The molecular weight excluding hydrogens is 291 g/mol. The third-order valence-corrected chi connectivity index (χ3v) is 6.42. The lowest BCUT2D eigenvalue weighted by Crippen LogP contribution is -2.52. The van der Waals surface area contributed by atoms with Crippen molar-refractivity contribution in [2.45, 2.75) is 49.1 Å². The van der Waals surface area contributed by atoms with Gasteiger partial charge in [0.05, 0.1) is 4.90 Å². The van der Waals surface area contributed by atoms with Crippen LogP contribution < -0.4 is 5.32 Å². The molecule has 1 N–H and O–H groups in total. The topological polar surface area (TPSA) is 49.4 Å². The van der Waals surface area contributed by atoms with Gasteiger partial charge >= 0.3 is 0 Å². The van der Waals surface area contributed by atoms with Crippen molar-refractivity contribution in [2.75, 3.05) is 13.1 Å². The first-order valence-corrected chi connectivity index (χ1v) is 9.04. The standard InChI is InChI=1S/C15H21FN2O2S/c16-12-6-8-13(9-7-12)21(19,20)18-11-2-1-5-15(18)14-4-3-10-17-14/h6-9,14-15,17H,1-5,10-11H2. The van der Waals surface area contributed by atoms with E-state index in [0.29, 0.717) is 6.54 Å². The summed E-state index contributed by atoms with van der Waals surface area (Å²) in [5, 5.41) is 3.42. The molecule has 2 atom stereocenters. The van der Waals surface area contributed by atoms with E-state index in [1.54, 1.807) is 4.31 Å². The highest BCUT2D eigenvalue weighted by Crippen LogP contribution is 2.29. The van der Waals surface area contributed by atoms with E-state index in [-0.39, 0.29) is 17.0 Å². The van der Waals surface area contributed by atoms with Gasteiger partial charge in [-0.15, -0.1) is 0 Å². The Hall–Kier alpha value is -0.980. The number of hydrogen-bond acceptors (Lipinski definition) is 3. The van der Waals surface area contributed by atoms with Gasteiger partial charge < -0.3 is 5.32 Å². The Balaban J connectivity index is 1.89. The van der Waals surface area contributed by atoms with Crippen LogP contribution in [-0.2, 0) is 10.0 Å². The van der Waals surface area contributed by atoms with E-state index in [4.69, 9.17) is 0 Å². The van der Waals surface area contributed by atoms with Gasteiger partial charge in [-0.1, -0.05) is 6.42 Å². The number of halogens is 1. The molecule has 0 amide bonds. The number of benzene rings is 1. The third-order valence-electron chi connectivity index (χ3n) is 4.48. The molecule has 0 aliphatic carbocycles. The second-order valence-corrected chi connectivity index (χ2v) is 7.73. The van der Waals surface area contributed by atoms with Crippen molar-refractivity contribution in [3.8, 4) is 0 Å². The summed E-state index contributed by atoms with van der Waals surface area (Å²) in [5.41, 5.74) is 0. The van der Waals surface area contributed by atoms with Gasteiger partial charge in [-0.25, -0.2) is 12.8 Å². The smallest absolute Gasteiger partial charge is 0.243 e. The van der Waals surface area contributed by atoms with Gasteiger partial charge in [0.2, 0.25) is 10.0 Å². The SMILES string of the molecule is O=S(=O)(c1ccc(F)cc1)N1CCCCC1C1CCCN1. The van der Waals surface area contributed by atoms with E-state index in [2.05, 4.69) is 5.32 Å². The summed E-state index contributed by atoms with van der Waals surface area (Å²) in [6.45, 7) is 1.52. The maximum Gasteiger partial charge on any atom is 0.243 e. The summed E-state index contributed by atoms with van der Waals surface area (Å²) in [7, 11) is -3.54. The van der Waals surface area contributed by atoms with Gasteiger partial charge in [0.15, 0.2) is 0 Å². The van der Waals surface area contributed by atoms with Crippen molar-refractivity contribution in [1.29, 1.82) is 0 Å². The van der Waals surface area contributed by atoms with Crippen LogP contribution in [-0.4, -0.2) is 37.9 Å². The number of sulfonamides is 1. The monoisotopic (exact) mass is 312 g/mol. The molecule has 0 saturated carbocycles. The zero-order chi connectivity index (χ0) is 14.9. The van der Waals surface area contributed by atoms with E-state index in [1.165, 1.54) is 24.3 Å². The van der Waals surface area contributed by atoms with Crippen LogP contribution in [0, 0.1) is 5.82 Å². The van der Waals surface area contributed by atoms with Crippen LogP contribution in [0.4, 0.5) is 4.39 Å². The first-order chi connectivity index (χ1) is 10.1. The number of hydrogen-bond donors (Lipinski definition) is 1. The lowest BCUT2D eigenvalue weighted by atomic mass is 9.97. The van der Waals surface area contributed by atoms with Crippen molar-refractivity contribution < 1.29 is 12.8 Å². The molecule has 2 unspecified atom stereocenters. The summed E-state index contributed by atoms with van der Waals surface area (Å²) in [5.74, 6) is -0.415. The number of nitrogens with zero attached hydrogens (tertiary/aromatic N) is 1. The molecule has 6 heteroatoms. The molecule has 2 saturated heterocycles. The lowest BCUT2D eigenvalue weighted by molar-refractivity contribution is 0.211. The van der Waals surface area contributed by atoms with Crippen LogP contribution in [0.2, 0.25) is 0 Å². The Bertz CT molecular complexity index is 582. The summed E-state index contributed by atoms with van der Waals surface area (Å²) < 4.78 is 40.3. The highest BCUT2D eigenvalue weighted by molar-refractivity contribution is 7.89. The first kappa shape index (κ1) is 14.9. The van der Waals surface area contributed by atoms with E-state index < -0.39 is 15.8 Å². The van der Waals surface area contributed by atoms with E-state index in [9.17, 15) is 12.8 Å². The molecule has 0 bridgehead atoms. The van der Waals surface area contributed by atoms with Crippen LogP contribution in [0.3, 0.4) is 0 Å². The second kappa shape index (κ2) is 6.02. The van der Waals surface area contributed by atoms with Crippen molar-refractivity contribution in [3.63, 3.8) is 0 Å². The van der Waals surface area contributed by atoms with E-state index >= 15 is 0 Å². The lowest BCUT2D eigenvalue weighted by Gasteiger charge is -2.38. The molecule has 116 valence electrons. The van der Waals surface area contributed by atoms with Gasteiger partial charge in [0, 0.05) is 18.6 Å². The minimum absolute atomic E-state index is 0.0244.